The van der Waals surface area contributed by atoms with E-state index in [1.807, 2.05) is 33.7 Å². The fourth-order valence-corrected chi connectivity index (χ4v) is 7.81. The van der Waals surface area contributed by atoms with Crippen LogP contribution in [0.15, 0.2) is 115 Å². The Morgan fingerprint density at radius 2 is 1.29 bits per heavy atom. The van der Waals surface area contributed by atoms with Gasteiger partial charge < -0.3 is 44.4 Å². The molecule has 1 aliphatic rings. The van der Waals surface area contributed by atoms with Crippen LogP contribution in [-0.2, 0) is 40.0 Å². The molecule has 0 bridgehead atoms. The average Bonchev–Trinajstić information content (AvgIpc) is 3.69. The summed E-state index contributed by atoms with van der Waals surface area (Å²) >= 11 is 3.33. The number of alkyl carbamates (subject to hydrolysis) is 2. The molecule has 4 aromatic carbocycles. The Bertz CT molecular complexity index is 2730. The molecule has 1 fully saturated rings. The van der Waals surface area contributed by atoms with Crippen LogP contribution in [0.1, 0.15) is 77.6 Å². The lowest BCUT2D eigenvalue weighted by molar-refractivity contribution is 0.0421. The predicted molar refractivity (Wildman–Crippen MR) is 274 cm³/mol. The van der Waals surface area contributed by atoms with Gasteiger partial charge in [0.1, 0.15) is 40.6 Å². The number of carbonyl (C=O) groups is 2. The van der Waals surface area contributed by atoms with E-state index in [2.05, 4.69) is 78.7 Å². The number of ether oxygens (including phenoxy) is 3. The second-order valence-electron chi connectivity index (χ2n) is 19.8. The third kappa shape index (κ3) is 20.1. The minimum Gasteiger partial charge on any atom is -0.444 e. The summed E-state index contributed by atoms with van der Waals surface area (Å²) in [5.74, 6) is -2.23. The second kappa shape index (κ2) is 26.4. The third-order valence-corrected chi connectivity index (χ3v) is 11.0. The molecule has 1 saturated heterocycles. The van der Waals surface area contributed by atoms with Gasteiger partial charge >= 0.3 is 12.2 Å². The summed E-state index contributed by atoms with van der Waals surface area (Å²) in [6, 6.07) is 17.1. The average molecular weight is 1080 g/mol. The van der Waals surface area contributed by atoms with Gasteiger partial charge in [0.25, 0.3) is 0 Å². The molecule has 390 valence electrons. The van der Waals surface area contributed by atoms with Crippen molar-refractivity contribution in [3.63, 3.8) is 0 Å². The largest absolute Gasteiger partial charge is 0.444 e. The van der Waals surface area contributed by atoms with Gasteiger partial charge in [0.2, 0.25) is 5.69 Å². The molecule has 0 saturated carbocycles. The molecule has 0 aliphatic carbocycles. The van der Waals surface area contributed by atoms with E-state index >= 15 is 0 Å². The molecule has 0 unspecified atom stereocenters. The van der Waals surface area contributed by atoms with E-state index in [9.17, 15) is 32.3 Å². The van der Waals surface area contributed by atoms with Crippen LogP contribution in [0.5, 0.6) is 0 Å². The van der Waals surface area contributed by atoms with Gasteiger partial charge in [0, 0.05) is 54.5 Å². The second-order valence-corrected chi connectivity index (χ2v) is 20.7. The molecule has 6 aromatic rings. The van der Waals surface area contributed by atoms with Crippen molar-refractivity contribution in [1.29, 1.82) is 0 Å². The highest BCUT2D eigenvalue weighted by atomic mass is 79.9. The highest BCUT2D eigenvalue weighted by Crippen LogP contribution is 2.27. The molecular formula is C54H63BrF4N8O6. The molecule has 73 heavy (non-hydrogen) atoms. The van der Waals surface area contributed by atoms with Crippen molar-refractivity contribution < 1.29 is 46.5 Å². The van der Waals surface area contributed by atoms with Gasteiger partial charge in [0.15, 0.2) is 0 Å². The minimum absolute atomic E-state index is 0.0148. The van der Waals surface area contributed by atoms with Gasteiger partial charge in [-0.3, -0.25) is 0 Å². The standard InChI is InChI=1S/C29H38F2N4O3.C15H19F2NO3.C10H6BrN3/c1-19(2)10-20-6-7-26(35-9-8-32-18-35)22(11-20)16-33-17-27(36)25(34-28(37)38-29(3,4)5)14-21-12-23(30)15-24(31)13-21;1-15(2,3)21-14(19)18-12(13-8-20-13)6-9-4-10(16)7-11(17)5-9;1-12-9-6-8(11)2-3-10(9)14-5-4-13-7-14/h6-9,11-13,15,18-19,25,27,33,36H,10,14,16-17H2,1-5H3,(H,34,37);4-5,7,12-13H,6,8H2,1-3H3,(H,18,19);2-7H/t25-,27+;12-,13+;/m00./s1. The first-order chi connectivity index (χ1) is 34.4. The number of amides is 2. The Labute approximate surface area is 432 Å². The van der Waals surface area contributed by atoms with E-state index in [1.165, 1.54) is 29.8 Å². The van der Waals surface area contributed by atoms with Crippen LogP contribution in [-0.4, -0.2) is 85.0 Å². The van der Waals surface area contributed by atoms with Gasteiger partial charge in [-0.2, -0.15) is 0 Å². The van der Waals surface area contributed by atoms with Crippen molar-refractivity contribution in [3.05, 3.63) is 172 Å². The van der Waals surface area contributed by atoms with Crippen LogP contribution in [0.2, 0.25) is 0 Å². The number of epoxide rings is 1. The van der Waals surface area contributed by atoms with E-state index in [0.29, 0.717) is 35.9 Å². The lowest BCUT2D eigenvalue weighted by Crippen LogP contribution is -2.50. The number of rotatable bonds is 16. The zero-order chi connectivity index (χ0) is 53.5. The summed E-state index contributed by atoms with van der Waals surface area (Å²) in [4.78, 5) is 35.8. The SMILES string of the molecule is CC(C)(C)OC(=O)N[C@@H](Cc1cc(F)cc(F)c1)[C@H]1CO1.CC(C)Cc1ccc(-n2ccnc2)c(CNC[C@@H](O)[C@H](Cc2cc(F)cc(F)c2)NC(=O)OC(C)(C)C)c1.[C-]#[N+]c1cc(Br)ccc1-n1ccnc1. The Morgan fingerprint density at radius 3 is 1.78 bits per heavy atom. The first-order valence-corrected chi connectivity index (χ1v) is 24.4. The zero-order valence-electron chi connectivity index (χ0n) is 42.1. The number of nitrogens with zero attached hydrogens (tertiary/aromatic N) is 5. The fraction of sp³-hybridized carbons (Fsp3) is 0.389. The number of hydrogen-bond donors (Lipinski definition) is 4. The van der Waals surface area contributed by atoms with Gasteiger partial charge in [-0.25, -0.2) is 42.0 Å². The Balaban J connectivity index is 0.000000234. The smallest absolute Gasteiger partial charge is 0.407 e. The topological polar surface area (TPSA) is 161 Å². The number of hydrogen-bond acceptors (Lipinski definition) is 9. The molecule has 3 heterocycles. The van der Waals surface area contributed by atoms with Crippen LogP contribution in [0.25, 0.3) is 16.2 Å². The maximum absolute atomic E-state index is 13.8. The summed E-state index contributed by atoms with van der Waals surface area (Å²) in [5.41, 5.74) is 4.08. The molecule has 14 nitrogen and oxygen atoms in total. The molecule has 4 N–H and O–H groups in total. The number of aliphatic hydroxyl groups excluding tert-OH is 1. The number of aromatic nitrogens is 4. The van der Waals surface area contributed by atoms with Gasteiger partial charge in [-0.1, -0.05) is 41.9 Å². The van der Waals surface area contributed by atoms with Gasteiger partial charge in [0.05, 0.1) is 55.4 Å². The van der Waals surface area contributed by atoms with Gasteiger partial charge in [-0.15, -0.1) is 0 Å². The molecule has 2 amide bonds. The number of benzene rings is 4. The summed E-state index contributed by atoms with van der Waals surface area (Å²) in [7, 11) is 0. The van der Waals surface area contributed by atoms with E-state index in [-0.39, 0.29) is 31.5 Å². The monoisotopic (exact) mass is 1070 g/mol. The van der Waals surface area contributed by atoms with Crippen LogP contribution in [0.3, 0.4) is 0 Å². The molecule has 2 aromatic heterocycles. The molecule has 1 aliphatic heterocycles. The van der Waals surface area contributed by atoms with Gasteiger partial charge in [-0.05, 0) is 138 Å². The number of halogens is 5. The summed E-state index contributed by atoms with van der Waals surface area (Å²) in [6.07, 6.45) is 9.22. The van der Waals surface area contributed by atoms with Crippen LogP contribution < -0.4 is 16.0 Å². The predicted octanol–water partition coefficient (Wildman–Crippen LogP) is 10.9. The number of carbonyl (C=O) groups excluding carboxylic acids is 2. The molecular weight excluding hydrogens is 1010 g/mol. The normalized spacial score (nSPS) is 14.3. The minimum atomic E-state index is -1.07. The summed E-state index contributed by atoms with van der Waals surface area (Å²) < 4.78 is 74.3. The lowest BCUT2D eigenvalue weighted by Gasteiger charge is -2.27. The first-order valence-electron chi connectivity index (χ1n) is 23.6. The molecule has 19 heteroatoms. The van der Waals surface area contributed by atoms with E-state index in [4.69, 9.17) is 20.8 Å². The molecule has 7 rings (SSSR count). The van der Waals surface area contributed by atoms with Crippen molar-refractivity contribution in [2.75, 3.05) is 13.2 Å². The number of nitrogens with one attached hydrogen (secondary N) is 3. The molecule has 0 spiro atoms. The zero-order valence-corrected chi connectivity index (χ0v) is 43.7. The maximum Gasteiger partial charge on any atom is 0.407 e. The van der Waals surface area contributed by atoms with Crippen molar-refractivity contribution >= 4 is 33.8 Å². The maximum atomic E-state index is 13.8. The van der Waals surface area contributed by atoms with E-state index < -0.39 is 58.8 Å². The highest BCUT2D eigenvalue weighted by molar-refractivity contribution is 9.10. The van der Waals surface area contributed by atoms with Crippen LogP contribution in [0, 0.1) is 35.8 Å². The number of imidazole rings is 2. The first kappa shape index (κ1) is 57.3. The van der Waals surface area contributed by atoms with E-state index in [0.717, 1.165) is 40.0 Å². The summed E-state index contributed by atoms with van der Waals surface area (Å²) in [6.45, 7) is 22.9. The Kier molecular flexibility index (Phi) is 20.7. The third-order valence-electron chi connectivity index (χ3n) is 10.5. The lowest BCUT2D eigenvalue weighted by atomic mass is 9.99. The quantitative estimate of drug-likeness (QED) is 0.0420. The molecule has 0 radical (unpaired) electrons. The van der Waals surface area contributed by atoms with Crippen LogP contribution in [0.4, 0.5) is 32.8 Å². The number of aliphatic hydroxyl groups is 1. The van der Waals surface area contributed by atoms with Crippen molar-refractivity contribution in [1.82, 2.24) is 35.1 Å². The molecule has 4 atom stereocenters. The van der Waals surface area contributed by atoms with E-state index in [1.54, 1.807) is 72.7 Å². The fourth-order valence-electron chi connectivity index (χ4n) is 7.47. The van der Waals surface area contributed by atoms with Crippen LogP contribution >= 0.6 is 15.9 Å². The van der Waals surface area contributed by atoms with Crippen molar-refractivity contribution in [3.8, 4) is 11.4 Å². The Morgan fingerprint density at radius 1 is 0.767 bits per heavy atom. The Hall–Kier alpha value is -6.59. The van der Waals surface area contributed by atoms with Crippen molar-refractivity contribution in [2.45, 2.75) is 117 Å². The summed E-state index contributed by atoms with van der Waals surface area (Å²) in [5, 5.41) is 19.7. The van der Waals surface area contributed by atoms with Crippen molar-refractivity contribution in [2.24, 2.45) is 5.92 Å². The highest BCUT2D eigenvalue weighted by Gasteiger charge is 2.35.